The molecule has 1 saturated heterocycles. The van der Waals surface area contributed by atoms with Crippen LogP contribution in [0.25, 0.3) is 0 Å². The SMILES string of the molecule is Cc1nn(C)c(C)c1CC(C)C(=O)NC1CCCNC1C.Cl.Cl. The highest BCUT2D eigenvalue weighted by Crippen LogP contribution is 2.18. The molecule has 134 valence electrons. The van der Waals surface area contributed by atoms with E-state index < -0.39 is 0 Å². The Balaban J connectivity index is 0.00000242. The molecule has 0 radical (unpaired) electrons. The highest BCUT2D eigenvalue weighted by atomic mass is 35.5. The lowest BCUT2D eigenvalue weighted by Gasteiger charge is -2.31. The predicted octanol–water partition coefficient (Wildman–Crippen LogP) is 2.32. The maximum atomic E-state index is 12.4. The Bertz CT molecular complexity index is 518. The first kappa shape index (κ1) is 22.2. The van der Waals surface area contributed by atoms with Crippen molar-refractivity contribution in [1.82, 2.24) is 20.4 Å². The van der Waals surface area contributed by atoms with E-state index in [1.54, 1.807) is 0 Å². The zero-order chi connectivity index (χ0) is 15.6. The van der Waals surface area contributed by atoms with Crippen molar-refractivity contribution < 1.29 is 4.79 Å². The molecule has 0 aliphatic carbocycles. The highest BCUT2D eigenvalue weighted by Gasteiger charge is 2.25. The van der Waals surface area contributed by atoms with Gasteiger partial charge in [-0.1, -0.05) is 6.92 Å². The molecule has 0 aromatic carbocycles. The van der Waals surface area contributed by atoms with E-state index in [4.69, 9.17) is 0 Å². The van der Waals surface area contributed by atoms with Crippen molar-refractivity contribution in [2.75, 3.05) is 6.54 Å². The van der Waals surface area contributed by atoms with Crippen LogP contribution < -0.4 is 10.6 Å². The van der Waals surface area contributed by atoms with Crippen molar-refractivity contribution in [3.8, 4) is 0 Å². The predicted molar refractivity (Wildman–Crippen MR) is 98.7 cm³/mol. The fraction of sp³-hybridized carbons (Fsp3) is 0.750. The fourth-order valence-electron chi connectivity index (χ4n) is 3.08. The van der Waals surface area contributed by atoms with Crippen molar-refractivity contribution >= 4 is 30.7 Å². The van der Waals surface area contributed by atoms with Crippen LogP contribution in [0.4, 0.5) is 0 Å². The van der Waals surface area contributed by atoms with Gasteiger partial charge < -0.3 is 10.6 Å². The van der Waals surface area contributed by atoms with E-state index >= 15 is 0 Å². The molecule has 1 amide bonds. The third kappa shape index (κ3) is 5.37. The number of hydrogen-bond acceptors (Lipinski definition) is 3. The number of nitrogens with one attached hydrogen (secondary N) is 2. The van der Waals surface area contributed by atoms with Crippen LogP contribution in [-0.2, 0) is 18.3 Å². The summed E-state index contributed by atoms with van der Waals surface area (Å²) in [5.74, 6) is 0.124. The molecule has 1 aliphatic rings. The van der Waals surface area contributed by atoms with E-state index in [0.29, 0.717) is 6.04 Å². The lowest BCUT2D eigenvalue weighted by molar-refractivity contribution is -0.125. The summed E-state index contributed by atoms with van der Waals surface area (Å²) in [6.45, 7) is 9.27. The number of carbonyl (C=O) groups excluding carboxylic acids is 1. The molecule has 5 nitrogen and oxygen atoms in total. The van der Waals surface area contributed by atoms with Gasteiger partial charge in [-0.15, -0.1) is 24.8 Å². The number of rotatable bonds is 4. The molecule has 7 heteroatoms. The standard InChI is InChI=1S/C16H28N4O.2ClH/c1-10(9-14-11(2)19-20(5)13(14)4)16(21)18-15-7-6-8-17-12(15)3;;/h10,12,15,17H,6-9H2,1-5H3,(H,18,21);2*1H. The van der Waals surface area contributed by atoms with Crippen LogP contribution >= 0.6 is 24.8 Å². The Morgan fingerprint density at radius 2 is 2.09 bits per heavy atom. The van der Waals surface area contributed by atoms with Crippen LogP contribution in [0.1, 0.15) is 43.6 Å². The van der Waals surface area contributed by atoms with Crippen LogP contribution in [0.2, 0.25) is 0 Å². The molecule has 23 heavy (non-hydrogen) atoms. The van der Waals surface area contributed by atoms with Gasteiger partial charge in [0.15, 0.2) is 0 Å². The number of nitrogens with zero attached hydrogens (tertiary/aromatic N) is 2. The Labute approximate surface area is 151 Å². The first-order chi connectivity index (χ1) is 9.90. The number of halogens is 2. The van der Waals surface area contributed by atoms with Crippen LogP contribution in [0.15, 0.2) is 0 Å². The largest absolute Gasteiger partial charge is 0.352 e. The second-order valence-electron chi connectivity index (χ2n) is 6.38. The van der Waals surface area contributed by atoms with E-state index in [0.717, 1.165) is 37.2 Å². The van der Waals surface area contributed by atoms with Gasteiger partial charge >= 0.3 is 0 Å². The van der Waals surface area contributed by atoms with Gasteiger partial charge in [0.05, 0.1) is 5.69 Å². The minimum absolute atomic E-state index is 0. The van der Waals surface area contributed by atoms with E-state index in [9.17, 15) is 4.79 Å². The van der Waals surface area contributed by atoms with Crippen molar-refractivity contribution in [3.05, 3.63) is 17.0 Å². The van der Waals surface area contributed by atoms with Crippen LogP contribution in [0.5, 0.6) is 0 Å². The average molecular weight is 365 g/mol. The molecule has 1 fully saturated rings. The van der Waals surface area contributed by atoms with Gasteiger partial charge in [-0.3, -0.25) is 9.48 Å². The number of carbonyl (C=O) groups is 1. The van der Waals surface area contributed by atoms with Gasteiger partial charge in [-0.05, 0) is 52.1 Å². The Hall–Kier alpha value is -0.780. The number of aromatic nitrogens is 2. The zero-order valence-corrected chi connectivity index (χ0v) is 16.3. The van der Waals surface area contributed by atoms with Crippen molar-refractivity contribution in [3.63, 3.8) is 0 Å². The van der Waals surface area contributed by atoms with Gasteiger partial charge in [0, 0.05) is 30.7 Å². The maximum absolute atomic E-state index is 12.4. The van der Waals surface area contributed by atoms with Gasteiger partial charge in [0.2, 0.25) is 5.91 Å². The summed E-state index contributed by atoms with van der Waals surface area (Å²) in [7, 11) is 1.95. The summed E-state index contributed by atoms with van der Waals surface area (Å²) in [5.41, 5.74) is 3.39. The average Bonchev–Trinajstić information content (AvgIpc) is 2.67. The van der Waals surface area contributed by atoms with Crippen LogP contribution in [-0.4, -0.2) is 34.3 Å². The van der Waals surface area contributed by atoms with E-state index in [-0.39, 0.29) is 42.7 Å². The normalized spacial score (nSPS) is 21.8. The molecule has 1 aliphatic heterocycles. The minimum atomic E-state index is -0.0271. The summed E-state index contributed by atoms with van der Waals surface area (Å²) in [4.78, 5) is 12.4. The zero-order valence-electron chi connectivity index (χ0n) is 14.7. The lowest BCUT2D eigenvalue weighted by atomic mass is 9.96. The van der Waals surface area contributed by atoms with Gasteiger partial charge in [-0.2, -0.15) is 5.10 Å². The number of hydrogen-bond donors (Lipinski definition) is 2. The third-order valence-corrected chi connectivity index (χ3v) is 4.71. The first-order valence-corrected chi connectivity index (χ1v) is 7.93. The van der Waals surface area contributed by atoms with E-state index in [2.05, 4.69) is 29.6 Å². The quantitative estimate of drug-likeness (QED) is 0.861. The molecule has 0 bridgehead atoms. The fourth-order valence-corrected chi connectivity index (χ4v) is 3.08. The molecule has 0 saturated carbocycles. The topological polar surface area (TPSA) is 59.0 Å². The molecule has 1 aromatic heterocycles. The lowest BCUT2D eigenvalue weighted by Crippen LogP contribution is -2.53. The summed E-state index contributed by atoms with van der Waals surface area (Å²) in [6.07, 6.45) is 2.95. The molecule has 2 heterocycles. The summed E-state index contributed by atoms with van der Waals surface area (Å²) < 4.78 is 1.89. The smallest absolute Gasteiger partial charge is 0.223 e. The summed E-state index contributed by atoms with van der Waals surface area (Å²) >= 11 is 0. The molecule has 2 rings (SSSR count). The Kier molecular flexibility index (Phi) is 9.18. The van der Waals surface area contributed by atoms with Crippen molar-refractivity contribution in [1.29, 1.82) is 0 Å². The number of piperidine rings is 1. The minimum Gasteiger partial charge on any atom is -0.352 e. The van der Waals surface area contributed by atoms with Gasteiger partial charge in [-0.25, -0.2) is 0 Å². The van der Waals surface area contributed by atoms with Gasteiger partial charge in [0.1, 0.15) is 0 Å². The summed E-state index contributed by atoms with van der Waals surface area (Å²) in [6, 6.07) is 0.613. The third-order valence-electron chi connectivity index (χ3n) is 4.71. The maximum Gasteiger partial charge on any atom is 0.223 e. The molecule has 3 atom stereocenters. The molecule has 1 aromatic rings. The Morgan fingerprint density at radius 1 is 1.43 bits per heavy atom. The second-order valence-corrected chi connectivity index (χ2v) is 6.38. The van der Waals surface area contributed by atoms with Crippen molar-refractivity contribution in [2.24, 2.45) is 13.0 Å². The van der Waals surface area contributed by atoms with Crippen LogP contribution in [0, 0.1) is 19.8 Å². The number of amides is 1. The molecular formula is C16H30Cl2N4O. The van der Waals surface area contributed by atoms with Crippen molar-refractivity contribution in [2.45, 2.75) is 59.0 Å². The van der Waals surface area contributed by atoms with Crippen LogP contribution in [0.3, 0.4) is 0 Å². The van der Waals surface area contributed by atoms with E-state index in [1.807, 2.05) is 25.6 Å². The molecular weight excluding hydrogens is 335 g/mol. The first-order valence-electron chi connectivity index (χ1n) is 7.93. The molecule has 2 N–H and O–H groups in total. The Morgan fingerprint density at radius 3 is 2.61 bits per heavy atom. The highest BCUT2D eigenvalue weighted by molar-refractivity contribution is 5.85. The monoisotopic (exact) mass is 364 g/mol. The molecule has 3 unspecified atom stereocenters. The van der Waals surface area contributed by atoms with E-state index in [1.165, 1.54) is 5.56 Å². The second kappa shape index (κ2) is 9.50. The molecule has 0 spiro atoms. The summed E-state index contributed by atoms with van der Waals surface area (Å²) in [5, 5.41) is 11.1. The van der Waals surface area contributed by atoms with Gasteiger partial charge in [0.25, 0.3) is 0 Å². The number of aryl methyl sites for hydroxylation is 2.